The van der Waals surface area contributed by atoms with Crippen molar-refractivity contribution in [1.29, 1.82) is 0 Å². The summed E-state index contributed by atoms with van der Waals surface area (Å²) in [5.74, 6) is 0.594. The van der Waals surface area contributed by atoms with E-state index in [0.717, 1.165) is 33.5 Å². The number of non-ortho nitro benzene ring substituents is 1. The molecule has 4 rings (SSSR count). The van der Waals surface area contributed by atoms with Crippen molar-refractivity contribution in [3.05, 3.63) is 93.5 Å². The van der Waals surface area contributed by atoms with Crippen LogP contribution in [0.4, 0.5) is 11.4 Å². The van der Waals surface area contributed by atoms with Crippen LogP contribution in [-0.4, -0.2) is 16.1 Å². The summed E-state index contributed by atoms with van der Waals surface area (Å²) in [5, 5.41) is 10.7. The first-order chi connectivity index (χ1) is 14.5. The van der Waals surface area contributed by atoms with Crippen LogP contribution in [0, 0.1) is 24.0 Å². The van der Waals surface area contributed by atoms with Gasteiger partial charge in [0, 0.05) is 23.9 Å². The Kier molecular flexibility index (Phi) is 5.22. The highest BCUT2D eigenvalue weighted by molar-refractivity contribution is 5.84. The number of aryl methyl sites for hydroxylation is 2. The molecule has 1 heterocycles. The van der Waals surface area contributed by atoms with Crippen LogP contribution in [-0.2, 0) is 0 Å². The van der Waals surface area contributed by atoms with E-state index < -0.39 is 4.92 Å². The quantitative estimate of drug-likeness (QED) is 0.220. The van der Waals surface area contributed by atoms with Crippen LogP contribution in [0.3, 0.4) is 0 Å². The molecule has 0 atom stereocenters. The number of aliphatic imine (C=N–C) groups is 1. The first-order valence-corrected chi connectivity index (χ1v) is 9.42. The lowest BCUT2D eigenvalue weighted by Gasteiger charge is -2.00. The van der Waals surface area contributed by atoms with E-state index in [2.05, 4.69) is 42.0 Å². The first kappa shape index (κ1) is 19.3. The van der Waals surface area contributed by atoms with Gasteiger partial charge in [0.2, 0.25) is 5.89 Å². The largest absolute Gasteiger partial charge is 0.436 e. The van der Waals surface area contributed by atoms with Gasteiger partial charge >= 0.3 is 0 Å². The fourth-order valence-corrected chi connectivity index (χ4v) is 3.21. The normalized spacial score (nSPS) is 11.7. The lowest BCUT2D eigenvalue weighted by atomic mass is 10.1. The summed E-state index contributed by atoms with van der Waals surface area (Å²) in [6.07, 6.45) is 5.29. The summed E-state index contributed by atoms with van der Waals surface area (Å²) < 4.78 is 5.90. The van der Waals surface area contributed by atoms with E-state index in [1.807, 2.05) is 24.3 Å². The second kappa shape index (κ2) is 8.13. The molecule has 0 aliphatic heterocycles. The molecule has 3 aromatic carbocycles. The number of hydrogen-bond donors (Lipinski definition) is 0. The summed E-state index contributed by atoms with van der Waals surface area (Å²) in [7, 11) is 0. The maximum Gasteiger partial charge on any atom is 0.269 e. The van der Waals surface area contributed by atoms with Gasteiger partial charge in [0.1, 0.15) is 5.52 Å². The summed E-state index contributed by atoms with van der Waals surface area (Å²) in [5.41, 5.74) is 6.44. The number of aromatic nitrogens is 1. The van der Waals surface area contributed by atoms with Crippen LogP contribution in [0.2, 0.25) is 0 Å². The highest BCUT2D eigenvalue weighted by Crippen LogP contribution is 2.28. The van der Waals surface area contributed by atoms with E-state index in [0.29, 0.717) is 11.5 Å². The van der Waals surface area contributed by atoms with Crippen LogP contribution >= 0.6 is 0 Å². The smallest absolute Gasteiger partial charge is 0.269 e. The van der Waals surface area contributed by atoms with Gasteiger partial charge in [-0.1, -0.05) is 23.3 Å². The SMILES string of the molecule is Cc1cc(C)cc(-c2nc3cc(N=CC=Cc4ccc([N+](=O)[O-])cc4)ccc3o2)c1. The van der Waals surface area contributed by atoms with Gasteiger partial charge in [-0.3, -0.25) is 15.1 Å². The van der Waals surface area contributed by atoms with Crippen molar-refractivity contribution in [2.24, 2.45) is 4.99 Å². The van der Waals surface area contributed by atoms with Crippen LogP contribution < -0.4 is 0 Å². The first-order valence-electron chi connectivity index (χ1n) is 9.42. The van der Waals surface area contributed by atoms with Gasteiger partial charge < -0.3 is 4.42 Å². The van der Waals surface area contributed by atoms with E-state index in [1.165, 1.54) is 12.1 Å². The van der Waals surface area contributed by atoms with Gasteiger partial charge in [-0.15, -0.1) is 0 Å². The Morgan fingerprint density at radius 2 is 1.73 bits per heavy atom. The number of fused-ring (bicyclic) bond motifs is 1. The Labute approximate surface area is 173 Å². The molecule has 0 aliphatic rings. The molecule has 0 unspecified atom stereocenters. The van der Waals surface area contributed by atoms with Gasteiger partial charge in [0.25, 0.3) is 5.69 Å². The molecule has 0 N–H and O–H groups in total. The van der Waals surface area contributed by atoms with Crippen LogP contribution in [0.15, 0.2) is 76.1 Å². The number of hydrogen-bond acceptors (Lipinski definition) is 5. The Morgan fingerprint density at radius 3 is 2.43 bits per heavy atom. The number of oxazole rings is 1. The van der Waals surface area contributed by atoms with E-state index >= 15 is 0 Å². The van der Waals surface area contributed by atoms with E-state index in [-0.39, 0.29) is 5.69 Å². The summed E-state index contributed by atoms with van der Waals surface area (Å²) in [4.78, 5) is 19.3. The minimum atomic E-state index is -0.416. The third-order valence-electron chi connectivity index (χ3n) is 4.54. The molecule has 0 bridgehead atoms. The molecule has 30 heavy (non-hydrogen) atoms. The van der Waals surface area contributed by atoms with Crippen molar-refractivity contribution in [2.75, 3.05) is 0 Å². The molecule has 0 amide bonds. The topological polar surface area (TPSA) is 81.5 Å². The zero-order valence-electron chi connectivity index (χ0n) is 16.6. The lowest BCUT2D eigenvalue weighted by Crippen LogP contribution is -1.86. The van der Waals surface area contributed by atoms with Crippen molar-refractivity contribution < 1.29 is 9.34 Å². The molecule has 0 radical (unpaired) electrons. The van der Waals surface area contributed by atoms with Crippen molar-refractivity contribution in [3.8, 4) is 11.5 Å². The fraction of sp³-hybridized carbons (Fsp3) is 0.0833. The van der Waals surface area contributed by atoms with Gasteiger partial charge in [-0.25, -0.2) is 4.98 Å². The van der Waals surface area contributed by atoms with Gasteiger partial charge in [0.05, 0.1) is 10.6 Å². The zero-order valence-corrected chi connectivity index (χ0v) is 16.6. The molecular weight excluding hydrogens is 378 g/mol. The molecule has 148 valence electrons. The number of benzene rings is 3. The standard InChI is InChI=1S/C24H19N3O3/c1-16-12-17(2)14-19(13-16)24-26-22-15-20(7-10-23(22)30-24)25-11-3-4-18-5-8-21(9-6-18)27(28)29/h3-15H,1-2H3. The third kappa shape index (κ3) is 4.33. The average Bonchev–Trinajstić information content (AvgIpc) is 3.14. The van der Waals surface area contributed by atoms with Gasteiger partial charge in [-0.2, -0.15) is 0 Å². The molecule has 0 spiro atoms. The molecule has 0 saturated carbocycles. The maximum atomic E-state index is 10.7. The van der Waals surface area contributed by atoms with Gasteiger partial charge in [-0.05, 0) is 68.0 Å². The Morgan fingerprint density at radius 1 is 1.00 bits per heavy atom. The predicted octanol–water partition coefficient (Wildman–Crippen LogP) is 6.44. The maximum absolute atomic E-state index is 10.7. The molecule has 6 nitrogen and oxygen atoms in total. The molecule has 1 aromatic heterocycles. The predicted molar refractivity (Wildman–Crippen MR) is 119 cm³/mol. The number of allylic oxidation sites excluding steroid dienone is 1. The van der Waals surface area contributed by atoms with Crippen molar-refractivity contribution in [2.45, 2.75) is 13.8 Å². The zero-order chi connectivity index (χ0) is 21.1. The van der Waals surface area contributed by atoms with E-state index in [4.69, 9.17) is 4.42 Å². The van der Waals surface area contributed by atoms with Crippen molar-refractivity contribution >= 4 is 34.8 Å². The lowest BCUT2D eigenvalue weighted by molar-refractivity contribution is -0.384. The Bertz CT molecular complexity index is 1260. The second-order valence-electron chi connectivity index (χ2n) is 7.03. The molecule has 0 fully saturated rings. The third-order valence-corrected chi connectivity index (χ3v) is 4.54. The minimum absolute atomic E-state index is 0.0712. The van der Waals surface area contributed by atoms with Crippen LogP contribution in [0.25, 0.3) is 28.6 Å². The number of nitro benzene ring substituents is 1. The minimum Gasteiger partial charge on any atom is -0.436 e. The molecule has 0 saturated heterocycles. The summed E-state index contributed by atoms with van der Waals surface area (Å²) in [6, 6.07) is 18.2. The second-order valence-corrected chi connectivity index (χ2v) is 7.03. The number of nitrogens with zero attached hydrogens (tertiary/aromatic N) is 3. The Hall–Kier alpha value is -4.06. The fourth-order valence-electron chi connectivity index (χ4n) is 3.21. The summed E-state index contributed by atoms with van der Waals surface area (Å²) >= 11 is 0. The van der Waals surface area contributed by atoms with Crippen LogP contribution in [0.1, 0.15) is 16.7 Å². The average molecular weight is 397 g/mol. The van der Waals surface area contributed by atoms with Crippen molar-refractivity contribution in [1.82, 2.24) is 4.98 Å². The van der Waals surface area contributed by atoms with E-state index in [9.17, 15) is 10.1 Å². The van der Waals surface area contributed by atoms with Gasteiger partial charge in [0.15, 0.2) is 5.58 Å². The van der Waals surface area contributed by atoms with Crippen molar-refractivity contribution in [3.63, 3.8) is 0 Å². The monoisotopic (exact) mass is 397 g/mol. The Balaban J connectivity index is 1.51. The van der Waals surface area contributed by atoms with Crippen LogP contribution in [0.5, 0.6) is 0 Å². The molecule has 0 aliphatic carbocycles. The van der Waals surface area contributed by atoms with E-state index in [1.54, 1.807) is 24.4 Å². The molecular formula is C24H19N3O3. The summed E-state index contributed by atoms with van der Waals surface area (Å²) in [6.45, 7) is 4.10. The highest BCUT2D eigenvalue weighted by Gasteiger charge is 2.09. The number of rotatable bonds is 5. The molecule has 6 heteroatoms. The highest BCUT2D eigenvalue weighted by atomic mass is 16.6. The molecule has 4 aromatic rings. The number of nitro groups is 1.